The average Bonchev–Trinajstić information content (AvgIpc) is 3.28. The van der Waals surface area contributed by atoms with E-state index < -0.39 is 26.5 Å². The van der Waals surface area contributed by atoms with E-state index in [4.69, 9.17) is 24.3 Å². The van der Waals surface area contributed by atoms with E-state index in [0.717, 1.165) is 38.5 Å². The summed E-state index contributed by atoms with van der Waals surface area (Å²) in [5, 5.41) is 0. The molecule has 0 heterocycles. The second-order valence-electron chi connectivity index (χ2n) is 18.8. The maximum absolute atomic E-state index is 12.7. The predicted octanol–water partition coefficient (Wildman–Crippen LogP) is 16.9. The van der Waals surface area contributed by atoms with E-state index in [1.807, 2.05) is 0 Å². The van der Waals surface area contributed by atoms with Crippen molar-refractivity contribution in [2.75, 3.05) is 26.4 Å². The molecule has 0 saturated carbocycles. The summed E-state index contributed by atoms with van der Waals surface area (Å²) in [6.07, 6.45) is 56.9. The number of nitrogens with two attached hydrogens (primary N) is 1. The van der Waals surface area contributed by atoms with Crippen LogP contribution >= 0.6 is 7.82 Å². The van der Waals surface area contributed by atoms with Crippen LogP contribution in [0.15, 0.2) is 12.2 Å². The summed E-state index contributed by atoms with van der Waals surface area (Å²) in [4.78, 5) is 35.1. The van der Waals surface area contributed by atoms with Crippen molar-refractivity contribution in [3.05, 3.63) is 12.2 Å². The summed E-state index contributed by atoms with van der Waals surface area (Å²) in [6, 6.07) is 0. The van der Waals surface area contributed by atoms with E-state index in [-0.39, 0.29) is 38.6 Å². The summed E-state index contributed by atoms with van der Waals surface area (Å²) in [5.74, 6) is -0.812. The molecule has 0 aliphatic rings. The van der Waals surface area contributed by atoms with Gasteiger partial charge in [-0.2, -0.15) is 0 Å². The first-order chi connectivity index (χ1) is 31.3. The highest BCUT2D eigenvalue weighted by Gasteiger charge is 2.26. The van der Waals surface area contributed by atoms with E-state index in [1.165, 1.54) is 218 Å². The van der Waals surface area contributed by atoms with Crippen LogP contribution in [0, 0.1) is 0 Å². The third kappa shape index (κ3) is 50.2. The highest BCUT2D eigenvalue weighted by Crippen LogP contribution is 2.43. The Morgan fingerprint density at radius 2 is 0.766 bits per heavy atom. The quantitative estimate of drug-likeness (QED) is 0.0265. The first-order valence-corrected chi connectivity index (χ1v) is 29.2. The normalized spacial score (nSPS) is 13.1. The second-order valence-corrected chi connectivity index (χ2v) is 20.3. The van der Waals surface area contributed by atoms with Crippen LogP contribution in [-0.2, 0) is 32.7 Å². The van der Waals surface area contributed by atoms with Crippen molar-refractivity contribution >= 4 is 19.8 Å². The molecule has 64 heavy (non-hydrogen) atoms. The van der Waals surface area contributed by atoms with Crippen LogP contribution in [0.5, 0.6) is 0 Å². The molecular formula is C54H106NO8P. The monoisotopic (exact) mass is 928 g/mol. The fourth-order valence-corrected chi connectivity index (χ4v) is 9.05. The van der Waals surface area contributed by atoms with Gasteiger partial charge in [0, 0.05) is 19.4 Å². The van der Waals surface area contributed by atoms with E-state index in [0.29, 0.717) is 6.42 Å². The molecule has 10 heteroatoms. The van der Waals surface area contributed by atoms with Gasteiger partial charge in [0.2, 0.25) is 0 Å². The van der Waals surface area contributed by atoms with E-state index >= 15 is 0 Å². The molecule has 0 radical (unpaired) electrons. The lowest BCUT2D eigenvalue weighted by atomic mass is 10.0. The zero-order chi connectivity index (χ0) is 46.7. The molecular weight excluding hydrogens is 822 g/mol. The van der Waals surface area contributed by atoms with Crippen LogP contribution in [0.2, 0.25) is 0 Å². The number of allylic oxidation sites excluding steroid dienone is 2. The highest BCUT2D eigenvalue weighted by molar-refractivity contribution is 7.47. The van der Waals surface area contributed by atoms with Crippen molar-refractivity contribution in [3.8, 4) is 0 Å². The molecule has 0 saturated heterocycles. The Hall–Kier alpha value is -1.25. The number of rotatable bonds is 53. The predicted molar refractivity (Wildman–Crippen MR) is 271 cm³/mol. The molecule has 0 fully saturated rings. The lowest BCUT2D eigenvalue weighted by molar-refractivity contribution is -0.161. The Balaban J connectivity index is 3.94. The van der Waals surface area contributed by atoms with Crippen molar-refractivity contribution in [2.45, 2.75) is 296 Å². The Bertz CT molecular complexity index is 1060. The summed E-state index contributed by atoms with van der Waals surface area (Å²) < 4.78 is 33.0. The number of phosphoric ester groups is 1. The van der Waals surface area contributed by atoms with Crippen molar-refractivity contribution in [3.63, 3.8) is 0 Å². The first kappa shape index (κ1) is 62.8. The van der Waals surface area contributed by atoms with Crippen LogP contribution < -0.4 is 5.73 Å². The third-order valence-electron chi connectivity index (χ3n) is 12.4. The Kier molecular flexibility index (Phi) is 50.1. The summed E-state index contributed by atoms with van der Waals surface area (Å²) in [6.45, 7) is 3.80. The molecule has 0 aliphatic carbocycles. The molecule has 0 spiro atoms. The molecule has 2 atom stereocenters. The first-order valence-electron chi connectivity index (χ1n) is 27.7. The Morgan fingerprint density at radius 3 is 1.11 bits per heavy atom. The molecule has 9 nitrogen and oxygen atoms in total. The van der Waals surface area contributed by atoms with E-state index in [9.17, 15) is 19.0 Å². The largest absolute Gasteiger partial charge is 0.472 e. The lowest BCUT2D eigenvalue weighted by Gasteiger charge is -2.19. The van der Waals surface area contributed by atoms with Gasteiger partial charge in [-0.25, -0.2) is 4.57 Å². The number of ether oxygens (including phenoxy) is 2. The average molecular weight is 928 g/mol. The summed E-state index contributed by atoms with van der Waals surface area (Å²) >= 11 is 0. The Morgan fingerprint density at radius 1 is 0.453 bits per heavy atom. The minimum absolute atomic E-state index is 0.0564. The topological polar surface area (TPSA) is 134 Å². The molecule has 0 amide bonds. The molecule has 0 aromatic heterocycles. The van der Waals surface area contributed by atoms with Crippen LogP contribution in [-0.4, -0.2) is 49.3 Å². The van der Waals surface area contributed by atoms with Crippen molar-refractivity contribution < 1.29 is 37.6 Å². The van der Waals surface area contributed by atoms with Crippen LogP contribution in [0.1, 0.15) is 290 Å². The van der Waals surface area contributed by atoms with Gasteiger partial charge < -0.3 is 20.1 Å². The van der Waals surface area contributed by atoms with Gasteiger partial charge >= 0.3 is 19.8 Å². The van der Waals surface area contributed by atoms with Gasteiger partial charge in [-0.1, -0.05) is 251 Å². The molecule has 0 aliphatic heterocycles. The van der Waals surface area contributed by atoms with Gasteiger partial charge in [0.05, 0.1) is 13.2 Å². The van der Waals surface area contributed by atoms with Crippen LogP contribution in [0.4, 0.5) is 0 Å². The third-order valence-corrected chi connectivity index (χ3v) is 13.4. The van der Waals surface area contributed by atoms with E-state index in [1.54, 1.807) is 0 Å². The number of carbonyl (C=O) groups excluding carboxylic acids is 2. The minimum Gasteiger partial charge on any atom is -0.462 e. The molecule has 0 aromatic rings. The van der Waals surface area contributed by atoms with Gasteiger partial charge in [0.25, 0.3) is 0 Å². The second kappa shape index (κ2) is 51.1. The number of phosphoric acid groups is 1. The van der Waals surface area contributed by atoms with Crippen molar-refractivity contribution in [1.82, 2.24) is 0 Å². The number of esters is 2. The fourth-order valence-electron chi connectivity index (χ4n) is 8.28. The molecule has 2 unspecified atom stereocenters. The highest BCUT2D eigenvalue weighted by atomic mass is 31.2. The molecule has 0 aromatic carbocycles. The maximum atomic E-state index is 12.7. The Labute approximate surface area is 396 Å². The zero-order valence-corrected chi connectivity index (χ0v) is 43.2. The summed E-state index contributed by atoms with van der Waals surface area (Å²) in [5.41, 5.74) is 5.37. The van der Waals surface area contributed by atoms with Gasteiger partial charge in [-0.05, 0) is 38.5 Å². The molecule has 3 N–H and O–H groups in total. The lowest BCUT2D eigenvalue weighted by Crippen LogP contribution is -2.29. The molecule has 0 bridgehead atoms. The zero-order valence-electron chi connectivity index (χ0n) is 42.3. The molecule has 0 rings (SSSR count). The van der Waals surface area contributed by atoms with Crippen LogP contribution in [0.3, 0.4) is 0 Å². The number of hydrogen-bond donors (Lipinski definition) is 2. The van der Waals surface area contributed by atoms with Crippen molar-refractivity contribution in [1.29, 1.82) is 0 Å². The standard InChI is InChI=1S/C54H106NO8P/c1-3-5-7-9-11-13-15-17-19-21-23-24-25-26-27-29-30-32-34-36-38-40-42-44-46-53(56)60-50-52(51-62-64(58,59)61-49-48-55)63-54(57)47-45-43-41-39-37-35-33-31-28-22-20-18-16-14-12-10-8-6-4-2/h18,20,52H,3-17,19,21-51,55H2,1-2H3,(H,58,59)/b20-18-. The SMILES string of the molecule is CCCCCCCC/C=C\CCCCCCCCCCCC(=O)OC(COC(=O)CCCCCCCCCCCCCCCCCCCCCCCCCC)COP(=O)(O)OCCN. The van der Waals surface area contributed by atoms with Gasteiger partial charge in [-0.3, -0.25) is 18.6 Å². The van der Waals surface area contributed by atoms with Crippen molar-refractivity contribution in [2.24, 2.45) is 5.73 Å². The smallest absolute Gasteiger partial charge is 0.462 e. The van der Waals surface area contributed by atoms with Gasteiger partial charge in [0.15, 0.2) is 6.10 Å². The fraction of sp³-hybridized carbons (Fsp3) is 0.926. The van der Waals surface area contributed by atoms with Gasteiger partial charge in [-0.15, -0.1) is 0 Å². The van der Waals surface area contributed by atoms with Crippen LogP contribution in [0.25, 0.3) is 0 Å². The number of unbranched alkanes of at least 4 members (excludes halogenated alkanes) is 38. The number of carbonyl (C=O) groups is 2. The van der Waals surface area contributed by atoms with E-state index in [2.05, 4.69) is 26.0 Å². The van der Waals surface area contributed by atoms with Gasteiger partial charge in [0.1, 0.15) is 6.61 Å². The summed E-state index contributed by atoms with van der Waals surface area (Å²) in [7, 11) is -4.38. The minimum atomic E-state index is -4.38. The maximum Gasteiger partial charge on any atom is 0.472 e. The number of hydrogen-bond acceptors (Lipinski definition) is 8. The molecule has 380 valence electrons.